The third-order valence-electron chi connectivity index (χ3n) is 4.62. The number of aryl methyl sites for hydroxylation is 2. The summed E-state index contributed by atoms with van der Waals surface area (Å²) in [6.07, 6.45) is -4.65. The molecule has 11 heteroatoms. The van der Waals surface area contributed by atoms with Crippen molar-refractivity contribution < 1.29 is 17.9 Å². The van der Waals surface area contributed by atoms with E-state index in [1.54, 1.807) is 20.1 Å². The van der Waals surface area contributed by atoms with E-state index in [9.17, 15) is 13.2 Å². The standard InChI is InChI=1S/C20H19F3N6OS/c1-10-9-15(29-19(24-10)27-18(28-29)20(21,22)23)25-11(2)16-12(3)26-17(31-16)13-5-7-14(30-4)8-6-13/h5-9,11,25H,1-4H3. The number of nitrogens with one attached hydrogen (secondary N) is 1. The van der Waals surface area contributed by atoms with Gasteiger partial charge in [0.05, 0.1) is 18.8 Å². The fraction of sp³-hybridized carbons (Fsp3) is 0.300. The number of rotatable bonds is 5. The second-order valence-electron chi connectivity index (χ2n) is 6.99. The minimum absolute atomic E-state index is 0.109. The molecule has 0 amide bonds. The normalized spacial score (nSPS) is 12.9. The van der Waals surface area contributed by atoms with Gasteiger partial charge in [-0.1, -0.05) is 0 Å². The largest absolute Gasteiger partial charge is 0.497 e. The first-order valence-corrected chi connectivity index (χ1v) is 10.2. The molecule has 0 saturated carbocycles. The van der Waals surface area contributed by atoms with Gasteiger partial charge in [0, 0.05) is 22.2 Å². The summed E-state index contributed by atoms with van der Waals surface area (Å²) in [5, 5.41) is 7.68. The summed E-state index contributed by atoms with van der Waals surface area (Å²) in [5.74, 6) is -0.203. The van der Waals surface area contributed by atoms with E-state index in [0.29, 0.717) is 11.5 Å². The van der Waals surface area contributed by atoms with E-state index in [4.69, 9.17) is 4.74 Å². The number of hydrogen-bond acceptors (Lipinski definition) is 7. The van der Waals surface area contributed by atoms with Crippen molar-refractivity contribution in [1.82, 2.24) is 24.6 Å². The van der Waals surface area contributed by atoms with Crippen molar-refractivity contribution in [3.63, 3.8) is 0 Å². The van der Waals surface area contributed by atoms with Crippen LogP contribution in [0.5, 0.6) is 5.75 Å². The maximum absolute atomic E-state index is 13.0. The average molecular weight is 448 g/mol. The first-order chi connectivity index (χ1) is 14.7. The van der Waals surface area contributed by atoms with Crippen LogP contribution in [0.1, 0.15) is 35.1 Å². The lowest BCUT2D eigenvalue weighted by atomic mass is 10.2. The Bertz CT molecular complexity index is 1230. The summed E-state index contributed by atoms with van der Waals surface area (Å²) < 4.78 is 45.4. The highest BCUT2D eigenvalue weighted by Crippen LogP contribution is 2.34. The second kappa shape index (κ2) is 7.80. The van der Waals surface area contributed by atoms with Crippen molar-refractivity contribution in [1.29, 1.82) is 0 Å². The third-order valence-corrected chi connectivity index (χ3v) is 6.01. The molecule has 1 aromatic carbocycles. The lowest BCUT2D eigenvalue weighted by molar-refractivity contribution is -0.144. The zero-order valence-corrected chi connectivity index (χ0v) is 18.0. The van der Waals surface area contributed by atoms with Crippen molar-refractivity contribution in [2.75, 3.05) is 12.4 Å². The molecule has 7 nitrogen and oxygen atoms in total. The van der Waals surface area contributed by atoms with Crippen LogP contribution in [0.25, 0.3) is 16.3 Å². The molecule has 0 saturated heterocycles. The average Bonchev–Trinajstić information content (AvgIpc) is 3.32. The van der Waals surface area contributed by atoms with Gasteiger partial charge in [-0.3, -0.25) is 0 Å². The van der Waals surface area contributed by atoms with Gasteiger partial charge in [-0.2, -0.15) is 22.7 Å². The highest BCUT2D eigenvalue weighted by atomic mass is 32.1. The summed E-state index contributed by atoms with van der Waals surface area (Å²) >= 11 is 1.52. The van der Waals surface area contributed by atoms with Crippen LogP contribution in [0.15, 0.2) is 30.3 Å². The first kappa shape index (κ1) is 21.0. The summed E-state index contributed by atoms with van der Waals surface area (Å²) in [6, 6.07) is 9.01. The molecule has 0 radical (unpaired) electrons. The van der Waals surface area contributed by atoms with Crippen LogP contribution < -0.4 is 10.1 Å². The molecule has 4 rings (SSSR count). The van der Waals surface area contributed by atoms with E-state index in [-0.39, 0.29) is 11.8 Å². The molecule has 1 unspecified atom stereocenters. The Morgan fingerprint density at radius 1 is 1.10 bits per heavy atom. The van der Waals surface area contributed by atoms with Crippen LogP contribution in [0.3, 0.4) is 0 Å². The van der Waals surface area contributed by atoms with Crippen LogP contribution in [-0.4, -0.2) is 31.7 Å². The number of hydrogen-bond donors (Lipinski definition) is 1. The molecule has 0 fully saturated rings. The van der Waals surface area contributed by atoms with Gasteiger partial charge in [0.25, 0.3) is 11.6 Å². The van der Waals surface area contributed by atoms with Crippen LogP contribution >= 0.6 is 11.3 Å². The third kappa shape index (κ3) is 4.18. The Morgan fingerprint density at radius 3 is 2.45 bits per heavy atom. The van der Waals surface area contributed by atoms with Gasteiger partial charge in [-0.05, 0) is 45.0 Å². The lowest BCUT2D eigenvalue weighted by Gasteiger charge is -2.15. The number of benzene rings is 1. The molecule has 0 spiro atoms. The van der Waals surface area contributed by atoms with Crippen LogP contribution in [0.4, 0.5) is 19.0 Å². The quantitative estimate of drug-likeness (QED) is 0.460. The predicted molar refractivity (Wildman–Crippen MR) is 111 cm³/mol. The Labute approximate surface area is 180 Å². The molecule has 0 aliphatic heterocycles. The predicted octanol–water partition coefficient (Wildman–Crippen LogP) is 5.07. The molecule has 1 N–H and O–H groups in total. The molecular formula is C20H19F3N6OS. The molecule has 4 aromatic rings. The Morgan fingerprint density at radius 2 is 1.81 bits per heavy atom. The van der Waals surface area contributed by atoms with Gasteiger partial charge in [0.2, 0.25) is 0 Å². The topological polar surface area (TPSA) is 77.2 Å². The number of thiazole rings is 1. The van der Waals surface area contributed by atoms with Crippen molar-refractivity contribution in [2.24, 2.45) is 0 Å². The maximum Gasteiger partial charge on any atom is 0.453 e. The number of fused-ring (bicyclic) bond motifs is 1. The van der Waals surface area contributed by atoms with Gasteiger partial charge in [0.15, 0.2) is 0 Å². The number of anilines is 1. The van der Waals surface area contributed by atoms with Gasteiger partial charge in [-0.15, -0.1) is 16.4 Å². The van der Waals surface area contributed by atoms with E-state index in [1.807, 2.05) is 38.1 Å². The van der Waals surface area contributed by atoms with Crippen LogP contribution in [0, 0.1) is 13.8 Å². The van der Waals surface area contributed by atoms with Gasteiger partial charge in [-0.25, -0.2) is 9.97 Å². The van der Waals surface area contributed by atoms with Crippen molar-refractivity contribution >= 4 is 22.9 Å². The summed E-state index contributed by atoms with van der Waals surface area (Å²) in [6.45, 7) is 5.51. The molecule has 0 bridgehead atoms. The molecule has 1 atom stereocenters. The number of aromatic nitrogens is 5. The van der Waals surface area contributed by atoms with Crippen LogP contribution in [0.2, 0.25) is 0 Å². The molecule has 31 heavy (non-hydrogen) atoms. The highest BCUT2D eigenvalue weighted by molar-refractivity contribution is 7.15. The van der Waals surface area contributed by atoms with Gasteiger partial charge < -0.3 is 10.1 Å². The SMILES string of the molecule is COc1ccc(-c2nc(C)c(C(C)Nc3cc(C)nc4nc(C(F)(F)F)nn34)s2)cc1. The van der Waals surface area contributed by atoms with Crippen molar-refractivity contribution in [2.45, 2.75) is 33.0 Å². The summed E-state index contributed by atoms with van der Waals surface area (Å²) in [4.78, 5) is 13.2. The highest BCUT2D eigenvalue weighted by Gasteiger charge is 2.37. The first-order valence-electron chi connectivity index (χ1n) is 9.35. The Kier molecular flexibility index (Phi) is 5.29. The molecule has 0 aliphatic carbocycles. The number of ether oxygens (including phenoxy) is 1. The van der Waals surface area contributed by atoms with Gasteiger partial charge in [0.1, 0.15) is 16.6 Å². The fourth-order valence-corrected chi connectivity index (χ4v) is 4.24. The molecule has 0 aliphatic rings. The molecule has 3 heterocycles. The van der Waals surface area contributed by atoms with Crippen molar-refractivity contribution in [3.8, 4) is 16.3 Å². The maximum atomic E-state index is 13.0. The number of nitrogens with zero attached hydrogens (tertiary/aromatic N) is 5. The lowest BCUT2D eigenvalue weighted by Crippen LogP contribution is -2.12. The Balaban J connectivity index is 1.65. The number of halogens is 3. The van der Waals surface area contributed by atoms with E-state index in [2.05, 4.69) is 25.4 Å². The monoisotopic (exact) mass is 448 g/mol. The van der Waals surface area contributed by atoms with E-state index in [0.717, 1.165) is 31.4 Å². The van der Waals surface area contributed by atoms with E-state index >= 15 is 0 Å². The number of alkyl halides is 3. The smallest absolute Gasteiger partial charge is 0.453 e. The summed E-state index contributed by atoms with van der Waals surface area (Å²) in [5.41, 5.74) is 2.33. The summed E-state index contributed by atoms with van der Waals surface area (Å²) in [7, 11) is 1.61. The Hall–Kier alpha value is -3.21. The van der Waals surface area contributed by atoms with E-state index in [1.165, 1.54) is 11.3 Å². The zero-order chi connectivity index (χ0) is 22.3. The van der Waals surface area contributed by atoms with E-state index < -0.39 is 12.0 Å². The minimum Gasteiger partial charge on any atom is -0.497 e. The fourth-order valence-electron chi connectivity index (χ4n) is 3.16. The van der Waals surface area contributed by atoms with Crippen LogP contribution in [-0.2, 0) is 6.18 Å². The molecular weight excluding hydrogens is 429 g/mol. The van der Waals surface area contributed by atoms with Crippen molar-refractivity contribution in [3.05, 3.63) is 52.4 Å². The molecule has 3 aromatic heterocycles. The minimum atomic E-state index is -4.65. The molecule has 162 valence electrons. The second-order valence-corrected chi connectivity index (χ2v) is 8.02. The van der Waals surface area contributed by atoms with Gasteiger partial charge >= 0.3 is 6.18 Å². The zero-order valence-electron chi connectivity index (χ0n) is 17.2. The number of methoxy groups -OCH3 is 1.